The molecule has 0 spiro atoms. The van der Waals surface area contributed by atoms with Gasteiger partial charge in [0.2, 0.25) is 5.91 Å². The first-order chi connectivity index (χ1) is 11.6. The number of carbonyl (C=O) groups excluding carboxylic acids is 1. The second-order valence-corrected chi connectivity index (χ2v) is 7.44. The third-order valence-corrected chi connectivity index (χ3v) is 5.80. The van der Waals surface area contributed by atoms with Crippen LogP contribution in [0.3, 0.4) is 0 Å². The second-order valence-electron chi connectivity index (χ2n) is 7.44. The van der Waals surface area contributed by atoms with Crippen molar-refractivity contribution in [3.8, 4) is 0 Å². The Balaban J connectivity index is 1.36. The second kappa shape index (κ2) is 6.45. The first-order valence-corrected chi connectivity index (χ1v) is 8.99. The van der Waals surface area contributed by atoms with Gasteiger partial charge >= 0.3 is 0 Å². The molecule has 4 atom stereocenters. The molecule has 0 bridgehead atoms. The van der Waals surface area contributed by atoms with Crippen molar-refractivity contribution < 1.29 is 13.9 Å². The summed E-state index contributed by atoms with van der Waals surface area (Å²) in [6, 6.07) is 7.07. The summed E-state index contributed by atoms with van der Waals surface area (Å²) in [5.74, 6) is 0.938. The van der Waals surface area contributed by atoms with E-state index >= 15 is 0 Å². The molecule has 2 heterocycles. The van der Waals surface area contributed by atoms with E-state index < -0.39 is 0 Å². The van der Waals surface area contributed by atoms with Crippen molar-refractivity contribution in [2.45, 2.75) is 25.3 Å². The number of amides is 1. The van der Waals surface area contributed by atoms with Gasteiger partial charge in [-0.25, -0.2) is 4.39 Å². The van der Waals surface area contributed by atoms with Crippen LogP contribution in [0.2, 0.25) is 0 Å². The minimum absolute atomic E-state index is 0.0890. The van der Waals surface area contributed by atoms with Crippen LogP contribution in [0, 0.1) is 17.7 Å². The molecule has 4 rings (SSSR count). The highest BCUT2D eigenvalue weighted by molar-refractivity contribution is 5.83. The highest BCUT2D eigenvalue weighted by Crippen LogP contribution is 2.49. The SMILES string of the molecule is C[C@@H]1CN(C(=O)[C@@H]2C[C@H]2c2ccc(F)cc2)C[C@H]1N1CCOCC1. The van der Waals surface area contributed by atoms with Gasteiger partial charge in [0.15, 0.2) is 0 Å². The summed E-state index contributed by atoms with van der Waals surface area (Å²) in [5, 5.41) is 0. The maximum atomic E-state index is 13.0. The Morgan fingerprint density at radius 1 is 1.17 bits per heavy atom. The van der Waals surface area contributed by atoms with E-state index in [2.05, 4.69) is 16.7 Å². The third-order valence-electron chi connectivity index (χ3n) is 5.80. The van der Waals surface area contributed by atoms with Crippen molar-refractivity contribution in [3.63, 3.8) is 0 Å². The summed E-state index contributed by atoms with van der Waals surface area (Å²) in [7, 11) is 0. The monoisotopic (exact) mass is 332 g/mol. The molecule has 1 aromatic carbocycles. The van der Waals surface area contributed by atoms with E-state index in [1.807, 2.05) is 12.1 Å². The summed E-state index contributed by atoms with van der Waals surface area (Å²) in [5.41, 5.74) is 1.09. The highest BCUT2D eigenvalue weighted by Gasteiger charge is 2.48. The van der Waals surface area contributed by atoms with E-state index in [1.54, 1.807) is 0 Å². The van der Waals surface area contributed by atoms with E-state index in [9.17, 15) is 9.18 Å². The lowest BCUT2D eigenvalue weighted by Crippen LogP contribution is -2.47. The molecule has 3 fully saturated rings. The molecule has 24 heavy (non-hydrogen) atoms. The quantitative estimate of drug-likeness (QED) is 0.850. The molecular weight excluding hydrogens is 307 g/mol. The number of nitrogens with zero attached hydrogens (tertiary/aromatic N) is 2. The zero-order valence-electron chi connectivity index (χ0n) is 14.2. The van der Waals surface area contributed by atoms with E-state index in [-0.39, 0.29) is 23.6 Å². The molecule has 2 aliphatic heterocycles. The number of benzene rings is 1. The Hall–Kier alpha value is -1.46. The Morgan fingerprint density at radius 3 is 2.58 bits per heavy atom. The Labute approximate surface area is 142 Å². The molecule has 1 saturated carbocycles. The molecule has 0 N–H and O–H groups in total. The van der Waals surface area contributed by atoms with Gasteiger partial charge in [0.25, 0.3) is 0 Å². The lowest BCUT2D eigenvalue weighted by molar-refractivity contribution is -0.131. The van der Waals surface area contributed by atoms with Gasteiger partial charge < -0.3 is 9.64 Å². The molecule has 0 unspecified atom stereocenters. The fourth-order valence-corrected chi connectivity index (χ4v) is 4.29. The van der Waals surface area contributed by atoms with Crippen LogP contribution in [0.5, 0.6) is 0 Å². The molecule has 5 heteroatoms. The summed E-state index contributed by atoms with van der Waals surface area (Å²) < 4.78 is 18.5. The van der Waals surface area contributed by atoms with Crippen LogP contribution in [-0.4, -0.2) is 61.1 Å². The molecule has 1 amide bonds. The third kappa shape index (κ3) is 3.07. The van der Waals surface area contributed by atoms with Crippen LogP contribution in [0.25, 0.3) is 0 Å². The number of carbonyl (C=O) groups is 1. The van der Waals surface area contributed by atoms with Gasteiger partial charge in [-0.3, -0.25) is 9.69 Å². The number of morpholine rings is 1. The van der Waals surface area contributed by atoms with Crippen LogP contribution < -0.4 is 0 Å². The van der Waals surface area contributed by atoms with E-state index in [0.717, 1.165) is 51.4 Å². The number of hydrogen-bond donors (Lipinski definition) is 0. The van der Waals surface area contributed by atoms with Crippen molar-refractivity contribution in [1.82, 2.24) is 9.80 Å². The number of ether oxygens (including phenoxy) is 1. The Morgan fingerprint density at radius 2 is 1.88 bits per heavy atom. The molecule has 1 aromatic rings. The van der Waals surface area contributed by atoms with Crippen molar-refractivity contribution in [2.24, 2.45) is 11.8 Å². The smallest absolute Gasteiger partial charge is 0.226 e. The molecule has 0 radical (unpaired) electrons. The van der Waals surface area contributed by atoms with Gasteiger partial charge in [0.1, 0.15) is 5.82 Å². The van der Waals surface area contributed by atoms with Crippen LogP contribution in [0.4, 0.5) is 4.39 Å². The zero-order chi connectivity index (χ0) is 16.7. The summed E-state index contributed by atoms with van der Waals surface area (Å²) >= 11 is 0. The average molecular weight is 332 g/mol. The van der Waals surface area contributed by atoms with E-state index in [0.29, 0.717) is 12.0 Å². The van der Waals surface area contributed by atoms with Crippen molar-refractivity contribution in [1.29, 1.82) is 0 Å². The summed E-state index contributed by atoms with van der Waals surface area (Å²) in [6.07, 6.45) is 0.900. The van der Waals surface area contributed by atoms with E-state index in [1.165, 1.54) is 12.1 Å². The number of hydrogen-bond acceptors (Lipinski definition) is 3. The van der Waals surface area contributed by atoms with Gasteiger partial charge in [0, 0.05) is 38.1 Å². The molecular formula is C19H25FN2O2. The topological polar surface area (TPSA) is 32.8 Å². The number of likely N-dealkylation sites (tertiary alicyclic amines) is 1. The summed E-state index contributed by atoms with van der Waals surface area (Å²) in [4.78, 5) is 17.4. The summed E-state index contributed by atoms with van der Waals surface area (Å²) in [6.45, 7) is 7.48. The van der Waals surface area contributed by atoms with Gasteiger partial charge in [-0.1, -0.05) is 19.1 Å². The lowest BCUT2D eigenvalue weighted by atomic mass is 10.0. The predicted octanol–water partition coefficient (Wildman–Crippen LogP) is 2.11. The van der Waals surface area contributed by atoms with Gasteiger partial charge in [-0.15, -0.1) is 0 Å². The lowest BCUT2D eigenvalue weighted by Gasteiger charge is -2.34. The van der Waals surface area contributed by atoms with Gasteiger partial charge in [-0.05, 0) is 36.0 Å². The Bertz CT molecular complexity index is 600. The molecule has 3 aliphatic rings. The normalized spacial score (nSPS) is 33.7. The number of rotatable bonds is 3. The largest absolute Gasteiger partial charge is 0.379 e. The minimum atomic E-state index is -0.219. The van der Waals surface area contributed by atoms with Crippen molar-refractivity contribution in [3.05, 3.63) is 35.6 Å². The first-order valence-electron chi connectivity index (χ1n) is 8.99. The molecule has 2 saturated heterocycles. The minimum Gasteiger partial charge on any atom is -0.379 e. The van der Waals surface area contributed by atoms with Crippen LogP contribution >= 0.6 is 0 Å². The van der Waals surface area contributed by atoms with Crippen LogP contribution in [0.1, 0.15) is 24.8 Å². The molecule has 130 valence electrons. The van der Waals surface area contributed by atoms with Crippen molar-refractivity contribution >= 4 is 5.91 Å². The fourth-order valence-electron chi connectivity index (χ4n) is 4.29. The standard InChI is InChI=1S/C19H25FN2O2/c1-13-11-22(12-18(13)21-6-8-24-9-7-21)19(23)17-10-16(17)14-2-4-15(20)5-3-14/h2-5,13,16-18H,6-12H2,1H3/t13-,16+,17-,18-/m1/s1. The maximum absolute atomic E-state index is 13.0. The van der Waals surface area contributed by atoms with Gasteiger partial charge in [0.05, 0.1) is 13.2 Å². The van der Waals surface area contributed by atoms with Crippen molar-refractivity contribution in [2.75, 3.05) is 39.4 Å². The van der Waals surface area contributed by atoms with Gasteiger partial charge in [-0.2, -0.15) is 0 Å². The van der Waals surface area contributed by atoms with E-state index in [4.69, 9.17) is 4.74 Å². The Kier molecular flexibility index (Phi) is 4.31. The fraction of sp³-hybridized carbons (Fsp3) is 0.632. The molecule has 4 nitrogen and oxygen atoms in total. The maximum Gasteiger partial charge on any atom is 0.226 e. The molecule has 1 aliphatic carbocycles. The number of halogens is 1. The molecule has 0 aromatic heterocycles. The first kappa shape index (κ1) is 16.0. The van der Waals surface area contributed by atoms with Crippen LogP contribution in [-0.2, 0) is 9.53 Å². The van der Waals surface area contributed by atoms with Crippen LogP contribution in [0.15, 0.2) is 24.3 Å². The average Bonchev–Trinajstić information content (AvgIpc) is 3.31. The predicted molar refractivity (Wildman–Crippen MR) is 89.2 cm³/mol. The zero-order valence-corrected chi connectivity index (χ0v) is 14.2. The highest BCUT2D eigenvalue weighted by atomic mass is 19.1.